The van der Waals surface area contributed by atoms with Gasteiger partial charge in [-0.15, -0.1) is 0 Å². The number of aromatic nitrogens is 2. The summed E-state index contributed by atoms with van der Waals surface area (Å²) >= 11 is 5.98. The van der Waals surface area contributed by atoms with E-state index in [2.05, 4.69) is 10.3 Å². The van der Waals surface area contributed by atoms with Crippen LogP contribution >= 0.6 is 11.6 Å². The molecule has 0 aliphatic rings. The van der Waals surface area contributed by atoms with E-state index in [0.717, 1.165) is 10.7 Å². The molecule has 0 aliphatic carbocycles. The van der Waals surface area contributed by atoms with Gasteiger partial charge in [-0.25, -0.2) is 4.98 Å². The molecule has 0 fully saturated rings. The van der Waals surface area contributed by atoms with E-state index in [-0.39, 0.29) is 0 Å². The Bertz CT molecular complexity index is 398. The summed E-state index contributed by atoms with van der Waals surface area (Å²) in [6.07, 6.45) is 5.39. The zero-order valence-corrected chi connectivity index (χ0v) is 8.28. The SMILES string of the molecule is Clc1ccccc1NCn1ccnc1. The number of imidazole rings is 1. The Morgan fingerprint density at radius 3 is 2.93 bits per heavy atom. The van der Waals surface area contributed by atoms with Gasteiger partial charge in [0.15, 0.2) is 0 Å². The van der Waals surface area contributed by atoms with Gasteiger partial charge in [-0.2, -0.15) is 0 Å². The highest BCUT2D eigenvalue weighted by atomic mass is 35.5. The van der Waals surface area contributed by atoms with Crippen molar-refractivity contribution in [2.24, 2.45) is 0 Å². The maximum atomic E-state index is 5.98. The molecule has 0 unspecified atom stereocenters. The lowest BCUT2D eigenvalue weighted by Gasteiger charge is -2.08. The van der Waals surface area contributed by atoms with Crippen molar-refractivity contribution in [2.75, 3.05) is 5.32 Å². The summed E-state index contributed by atoms with van der Waals surface area (Å²) in [5.41, 5.74) is 0.933. The molecule has 0 aliphatic heterocycles. The third-order valence-electron chi connectivity index (χ3n) is 1.89. The van der Waals surface area contributed by atoms with Crippen LogP contribution in [0, 0.1) is 0 Å². The highest BCUT2D eigenvalue weighted by molar-refractivity contribution is 6.33. The van der Waals surface area contributed by atoms with E-state index in [1.54, 1.807) is 12.5 Å². The zero-order chi connectivity index (χ0) is 9.80. The van der Waals surface area contributed by atoms with Crippen LogP contribution in [0.1, 0.15) is 0 Å². The van der Waals surface area contributed by atoms with Gasteiger partial charge >= 0.3 is 0 Å². The number of nitrogens with zero attached hydrogens (tertiary/aromatic N) is 2. The van der Waals surface area contributed by atoms with Gasteiger partial charge in [0, 0.05) is 12.4 Å². The summed E-state index contributed by atoms with van der Waals surface area (Å²) in [6.45, 7) is 0.670. The molecule has 2 aromatic rings. The Hall–Kier alpha value is -1.48. The monoisotopic (exact) mass is 207 g/mol. The minimum Gasteiger partial charge on any atom is -0.366 e. The van der Waals surface area contributed by atoms with Crippen LogP contribution in [0.15, 0.2) is 43.0 Å². The van der Waals surface area contributed by atoms with Crippen molar-refractivity contribution in [3.05, 3.63) is 48.0 Å². The maximum Gasteiger partial charge on any atom is 0.0960 e. The van der Waals surface area contributed by atoms with Crippen LogP contribution in [0.5, 0.6) is 0 Å². The van der Waals surface area contributed by atoms with Crippen molar-refractivity contribution >= 4 is 17.3 Å². The highest BCUT2D eigenvalue weighted by Crippen LogP contribution is 2.20. The van der Waals surface area contributed by atoms with Gasteiger partial charge in [0.1, 0.15) is 0 Å². The maximum absolute atomic E-state index is 5.98. The second-order valence-electron chi connectivity index (χ2n) is 2.89. The van der Waals surface area contributed by atoms with Crippen molar-refractivity contribution in [3.63, 3.8) is 0 Å². The Balaban J connectivity index is 2.02. The number of nitrogens with one attached hydrogen (secondary N) is 1. The number of anilines is 1. The van der Waals surface area contributed by atoms with E-state index < -0.39 is 0 Å². The molecule has 0 atom stereocenters. The first-order valence-electron chi connectivity index (χ1n) is 4.30. The number of halogens is 1. The summed E-state index contributed by atoms with van der Waals surface area (Å²) in [4.78, 5) is 3.95. The molecule has 14 heavy (non-hydrogen) atoms. The third kappa shape index (κ3) is 2.06. The molecular weight excluding hydrogens is 198 g/mol. The molecule has 0 saturated carbocycles. The molecule has 1 aromatic carbocycles. The molecule has 4 heteroatoms. The van der Waals surface area contributed by atoms with Crippen LogP contribution in [0.25, 0.3) is 0 Å². The average Bonchev–Trinajstić information content (AvgIpc) is 2.69. The predicted octanol–water partition coefficient (Wildman–Crippen LogP) is 2.61. The third-order valence-corrected chi connectivity index (χ3v) is 2.21. The Morgan fingerprint density at radius 1 is 1.36 bits per heavy atom. The van der Waals surface area contributed by atoms with E-state index in [4.69, 9.17) is 11.6 Å². The average molecular weight is 208 g/mol. The van der Waals surface area contributed by atoms with Gasteiger partial charge in [0.05, 0.1) is 23.7 Å². The lowest BCUT2D eigenvalue weighted by molar-refractivity contribution is 0.774. The lowest BCUT2D eigenvalue weighted by atomic mass is 10.3. The van der Waals surface area contributed by atoms with E-state index in [1.165, 1.54) is 0 Å². The van der Waals surface area contributed by atoms with Crippen molar-refractivity contribution in [3.8, 4) is 0 Å². The molecule has 3 nitrogen and oxygen atoms in total. The highest BCUT2D eigenvalue weighted by Gasteiger charge is 1.96. The fraction of sp³-hybridized carbons (Fsp3) is 0.100. The van der Waals surface area contributed by atoms with Crippen molar-refractivity contribution in [1.29, 1.82) is 0 Å². The molecule has 0 spiro atoms. The largest absolute Gasteiger partial charge is 0.366 e. The number of hydrogen-bond donors (Lipinski definition) is 1. The van der Waals surface area contributed by atoms with E-state index >= 15 is 0 Å². The van der Waals surface area contributed by atoms with E-state index in [9.17, 15) is 0 Å². The summed E-state index contributed by atoms with van der Waals surface area (Å²) in [7, 11) is 0. The summed E-state index contributed by atoms with van der Waals surface area (Å²) < 4.78 is 1.93. The van der Waals surface area contributed by atoms with Crippen LogP contribution in [-0.4, -0.2) is 9.55 Å². The molecule has 1 aromatic heterocycles. The Labute approximate surface area is 87.3 Å². The van der Waals surface area contributed by atoms with Gasteiger partial charge in [-0.1, -0.05) is 23.7 Å². The van der Waals surface area contributed by atoms with Crippen LogP contribution in [0.4, 0.5) is 5.69 Å². The van der Waals surface area contributed by atoms with Crippen LogP contribution < -0.4 is 5.32 Å². The van der Waals surface area contributed by atoms with Gasteiger partial charge < -0.3 is 9.88 Å². The first kappa shape index (κ1) is 9.09. The van der Waals surface area contributed by atoms with Gasteiger partial charge in [0.2, 0.25) is 0 Å². The van der Waals surface area contributed by atoms with Crippen molar-refractivity contribution in [1.82, 2.24) is 9.55 Å². The first-order chi connectivity index (χ1) is 6.86. The van der Waals surface area contributed by atoms with Gasteiger partial charge in [0.25, 0.3) is 0 Å². The molecule has 0 saturated heterocycles. The molecule has 0 bridgehead atoms. The van der Waals surface area contributed by atoms with Crippen LogP contribution in [0.3, 0.4) is 0 Å². The standard InChI is InChI=1S/C10H10ClN3/c11-9-3-1-2-4-10(9)13-8-14-6-5-12-7-14/h1-7,13H,8H2. The molecule has 1 N–H and O–H groups in total. The molecular formula is C10H10ClN3. The van der Waals surface area contributed by atoms with E-state index in [1.807, 2.05) is 35.0 Å². The number of rotatable bonds is 3. The van der Waals surface area contributed by atoms with Crippen LogP contribution in [0.2, 0.25) is 5.02 Å². The Kier molecular flexibility index (Phi) is 2.70. The predicted molar refractivity (Wildman–Crippen MR) is 57.3 cm³/mol. The quantitative estimate of drug-likeness (QED) is 0.839. The molecule has 72 valence electrons. The zero-order valence-electron chi connectivity index (χ0n) is 7.52. The van der Waals surface area contributed by atoms with Gasteiger partial charge in [-0.3, -0.25) is 0 Å². The summed E-state index contributed by atoms with van der Waals surface area (Å²) in [5, 5.41) is 3.94. The van der Waals surface area contributed by atoms with Crippen molar-refractivity contribution < 1.29 is 0 Å². The Morgan fingerprint density at radius 2 is 2.21 bits per heavy atom. The number of benzene rings is 1. The van der Waals surface area contributed by atoms with Crippen molar-refractivity contribution in [2.45, 2.75) is 6.67 Å². The minimum absolute atomic E-state index is 0.670. The second kappa shape index (κ2) is 4.15. The minimum atomic E-state index is 0.670. The molecule has 0 radical (unpaired) electrons. The number of hydrogen-bond acceptors (Lipinski definition) is 2. The lowest BCUT2D eigenvalue weighted by Crippen LogP contribution is -2.05. The van der Waals surface area contributed by atoms with Crippen LogP contribution in [-0.2, 0) is 6.67 Å². The smallest absolute Gasteiger partial charge is 0.0960 e. The van der Waals surface area contributed by atoms with E-state index in [0.29, 0.717) is 6.67 Å². The topological polar surface area (TPSA) is 29.9 Å². The molecule has 0 amide bonds. The molecule has 1 heterocycles. The second-order valence-corrected chi connectivity index (χ2v) is 3.30. The summed E-state index contributed by atoms with van der Waals surface area (Å²) in [5.74, 6) is 0. The van der Waals surface area contributed by atoms with Gasteiger partial charge in [-0.05, 0) is 12.1 Å². The fourth-order valence-electron chi connectivity index (χ4n) is 1.16. The number of para-hydroxylation sites is 1. The normalized spacial score (nSPS) is 10.1. The fourth-order valence-corrected chi connectivity index (χ4v) is 1.36. The molecule has 2 rings (SSSR count). The first-order valence-corrected chi connectivity index (χ1v) is 4.68. The summed E-state index contributed by atoms with van der Waals surface area (Å²) in [6, 6.07) is 7.66.